The number of nitrogens with one attached hydrogen (secondary N) is 1. The maximum Gasteiger partial charge on any atom is 0.326 e. The number of sulfonamides is 1. The number of benzene rings is 2. The number of carbonyl (C=O) groups is 1. The fourth-order valence-electron chi connectivity index (χ4n) is 4.51. The number of halogens is 3. The van der Waals surface area contributed by atoms with Gasteiger partial charge in [0.25, 0.3) is 0 Å². The molecule has 0 aliphatic carbocycles. The summed E-state index contributed by atoms with van der Waals surface area (Å²) in [5.74, 6) is -3.52. The first-order valence-electron chi connectivity index (χ1n) is 10.3. The standard InChI is InChI=1S/C21H19F3N4O4S/c1-2-33(30,31)26-11-8-12-10-28(21(29)27(12)9-11)20-18-13(4-3-5-16(18)32-25-20)17-14(22)6-7-15(23)19(17)24/h3-7,11-12,26H,2,8-10H2,1H3/t11-,12-/m0/s1. The number of hydrogen-bond donors (Lipinski definition) is 1. The van der Waals surface area contributed by atoms with E-state index in [4.69, 9.17) is 4.52 Å². The summed E-state index contributed by atoms with van der Waals surface area (Å²) in [6, 6.07) is 4.85. The quantitative estimate of drug-likeness (QED) is 0.566. The Hall–Kier alpha value is -3.12. The molecule has 2 atom stereocenters. The number of nitrogens with zero attached hydrogens (tertiary/aromatic N) is 3. The van der Waals surface area contributed by atoms with Crippen molar-refractivity contribution < 1.29 is 30.9 Å². The number of hydrogen-bond acceptors (Lipinski definition) is 5. The van der Waals surface area contributed by atoms with E-state index in [1.165, 1.54) is 34.9 Å². The van der Waals surface area contributed by atoms with E-state index in [1.807, 2.05) is 0 Å². The molecule has 2 amide bonds. The van der Waals surface area contributed by atoms with Gasteiger partial charge in [0.15, 0.2) is 23.0 Å². The van der Waals surface area contributed by atoms with Gasteiger partial charge in [0.05, 0.1) is 22.7 Å². The molecule has 0 bridgehead atoms. The molecule has 2 aromatic carbocycles. The Morgan fingerprint density at radius 1 is 1.15 bits per heavy atom. The fraction of sp³-hybridized carbons (Fsp3) is 0.333. The van der Waals surface area contributed by atoms with E-state index in [0.717, 1.165) is 6.07 Å². The van der Waals surface area contributed by atoms with Gasteiger partial charge in [0.1, 0.15) is 5.82 Å². The molecule has 2 fully saturated rings. The van der Waals surface area contributed by atoms with Crippen molar-refractivity contribution in [2.75, 3.05) is 23.7 Å². The number of anilines is 1. The maximum absolute atomic E-state index is 14.6. The molecule has 3 aromatic rings. The Bertz CT molecular complexity index is 1380. The van der Waals surface area contributed by atoms with Gasteiger partial charge in [-0.3, -0.25) is 4.90 Å². The molecular weight excluding hydrogens is 461 g/mol. The molecule has 0 spiro atoms. The van der Waals surface area contributed by atoms with Crippen LogP contribution >= 0.6 is 0 Å². The van der Waals surface area contributed by atoms with E-state index in [2.05, 4.69) is 9.88 Å². The molecule has 12 heteroatoms. The van der Waals surface area contributed by atoms with Gasteiger partial charge in [-0.2, -0.15) is 0 Å². The van der Waals surface area contributed by atoms with Gasteiger partial charge in [-0.25, -0.2) is 31.1 Å². The van der Waals surface area contributed by atoms with Crippen LogP contribution in [-0.2, 0) is 10.0 Å². The predicted octanol–water partition coefficient (Wildman–Crippen LogP) is 3.23. The van der Waals surface area contributed by atoms with Crippen molar-refractivity contribution in [2.45, 2.75) is 25.4 Å². The predicted molar refractivity (Wildman–Crippen MR) is 114 cm³/mol. The van der Waals surface area contributed by atoms with E-state index < -0.39 is 45.1 Å². The number of amides is 2. The Balaban J connectivity index is 1.51. The SMILES string of the molecule is CCS(=O)(=O)N[C@H]1C[C@H]2CN(c3noc4cccc(-c5c(F)ccc(F)c5F)c34)C(=O)N2C1. The summed E-state index contributed by atoms with van der Waals surface area (Å²) in [5.41, 5.74) is -0.392. The number of fused-ring (bicyclic) bond motifs is 2. The zero-order valence-electron chi connectivity index (χ0n) is 17.4. The highest BCUT2D eigenvalue weighted by Gasteiger charge is 2.46. The van der Waals surface area contributed by atoms with E-state index in [-0.39, 0.29) is 47.2 Å². The first-order valence-corrected chi connectivity index (χ1v) is 12.0. The molecule has 5 rings (SSSR count). The molecule has 1 N–H and O–H groups in total. The third kappa shape index (κ3) is 3.53. The number of aromatic nitrogens is 1. The van der Waals surface area contributed by atoms with E-state index in [0.29, 0.717) is 12.5 Å². The van der Waals surface area contributed by atoms with E-state index >= 15 is 0 Å². The zero-order valence-corrected chi connectivity index (χ0v) is 18.2. The molecule has 0 unspecified atom stereocenters. The highest BCUT2D eigenvalue weighted by Crippen LogP contribution is 2.40. The summed E-state index contributed by atoms with van der Waals surface area (Å²) in [4.78, 5) is 16.0. The Kier molecular flexibility index (Phi) is 5.09. The van der Waals surface area contributed by atoms with E-state index in [1.54, 1.807) is 0 Å². The maximum atomic E-state index is 14.6. The second-order valence-corrected chi connectivity index (χ2v) is 10.1. The monoisotopic (exact) mass is 480 g/mol. The van der Waals surface area contributed by atoms with Gasteiger partial charge in [0.2, 0.25) is 10.0 Å². The summed E-state index contributed by atoms with van der Waals surface area (Å²) in [6.45, 7) is 1.91. The van der Waals surface area contributed by atoms with Crippen LogP contribution < -0.4 is 9.62 Å². The first-order chi connectivity index (χ1) is 15.7. The molecule has 2 saturated heterocycles. The molecule has 2 aliphatic heterocycles. The van der Waals surface area contributed by atoms with Gasteiger partial charge in [-0.05, 0) is 31.5 Å². The molecule has 174 valence electrons. The minimum Gasteiger partial charge on any atom is -0.354 e. The van der Waals surface area contributed by atoms with Crippen molar-refractivity contribution in [3.63, 3.8) is 0 Å². The van der Waals surface area contributed by atoms with Crippen molar-refractivity contribution in [3.8, 4) is 11.1 Å². The lowest BCUT2D eigenvalue weighted by atomic mass is 10.00. The molecule has 3 heterocycles. The van der Waals surface area contributed by atoms with Gasteiger partial charge < -0.3 is 9.42 Å². The first kappa shape index (κ1) is 21.7. The topological polar surface area (TPSA) is 95.7 Å². The van der Waals surface area contributed by atoms with Crippen molar-refractivity contribution in [1.82, 2.24) is 14.8 Å². The summed E-state index contributed by atoms with van der Waals surface area (Å²) >= 11 is 0. The molecule has 8 nitrogen and oxygen atoms in total. The molecule has 33 heavy (non-hydrogen) atoms. The lowest BCUT2D eigenvalue weighted by molar-refractivity contribution is 0.218. The third-order valence-electron chi connectivity index (χ3n) is 6.06. The van der Waals surface area contributed by atoms with Crippen LogP contribution in [-0.4, -0.2) is 55.4 Å². The van der Waals surface area contributed by atoms with Crippen LogP contribution in [0, 0.1) is 17.5 Å². The second kappa shape index (κ2) is 7.73. The van der Waals surface area contributed by atoms with Crippen LogP contribution in [0.5, 0.6) is 0 Å². The van der Waals surface area contributed by atoms with E-state index in [9.17, 15) is 26.4 Å². The van der Waals surface area contributed by atoms with Crippen LogP contribution in [0.2, 0.25) is 0 Å². The minimum atomic E-state index is -3.42. The minimum absolute atomic E-state index is 0.00620. The molecule has 0 saturated carbocycles. The van der Waals surface area contributed by atoms with Crippen LogP contribution in [0.1, 0.15) is 13.3 Å². The van der Waals surface area contributed by atoms with Crippen molar-refractivity contribution in [2.24, 2.45) is 0 Å². The largest absolute Gasteiger partial charge is 0.354 e. The lowest BCUT2D eigenvalue weighted by Crippen LogP contribution is -2.41. The second-order valence-electron chi connectivity index (χ2n) is 8.06. The Morgan fingerprint density at radius 2 is 1.91 bits per heavy atom. The normalized spacial score (nSPS) is 20.8. The Morgan fingerprint density at radius 3 is 2.64 bits per heavy atom. The van der Waals surface area contributed by atoms with Crippen LogP contribution in [0.4, 0.5) is 23.8 Å². The summed E-state index contributed by atoms with van der Waals surface area (Å²) < 4.78 is 74.6. The molecule has 0 radical (unpaired) electrons. The van der Waals surface area contributed by atoms with Gasteiger partial charge in [0, 0.05) is 24.7 Å². The molecule has 1 aromatic heterocycles. The summed E-state index contributed by atoms with van der Waals surface area (Å²) in [7, 11) is -3.42. The number of urea groups is 1. The zero-order chi connectivity index (χ0) is 23.5. The van der Waals surface area contributed by atoms with Crippen molar-refractivity contribution in [3.05, 3.63) is 47.8 Å². The average molecular weight is 480 g/mol. The van der Waals surface area contributed by atoms with Crippen LogP contribution in [0.3, 0.4) is 0 Å². The fourth-order valence-corrected chi connectivity index (χ4v) is 5.36. The van der Waals surface area contributed by atoms with Crippen LogP contribution in [0.15, 0.2) is 34.9 Å². The van der Waals surface area contributed by atoms with Gasteiger partial charge in [-0.1, -0.05) is 17.3 Å². The van der Waals surface area contributed by atoms with Gasteiger partial charge in [-0.15, -0.1) is 0 Å². The van der Waals surface area contributed by atoms with Crippen molar-refractivity contribution >= 4 is 32.8 Å². The highest BCUT2D eigenvalue weighted by molar-refractivity contribution is 7.89. The lowest BCUT2D eigenvalue weighted by Gasteiger charge is -2.18. The van der Waals surface area contributed by atoms with Gasteiger partial charge >= 0.3 is 6.03 Å². The number of carbonyl (C=O) groups excluding carboxylic acids is 1. The molecular formula is C21H19F3N4O4S. The summed E-state index contributed by atoms with van der Waals surface area (Å²) in [6.07, 6.45) is 0.414. The highest BCUT2D eigenvalue weighted by atomic mass is 32.2. The van der Waals surface area contributed by atoms with Crippen LogP contribution in [0.25, 0.3) is 22.1 Å². The van der Waals surface area contributed by atoms with Crippen molar-refractivity contribution in [1.29, 1.82) is 0 Å². The molecule has 2 aliphatic rings. The summed E-state index contributed by atoms with van der Waals surface area (Å²) in [5, 5.41) is 4.15. The smallest absolute Gasteiger partial charge is 0.326 e. The third-order valence-corrected chi connectivity index (χ3v) is 7.51. The number of rotatable bonds is 5. The average Bonchev–Trinajstić information content (AvgIpc) is 3.45. The Labute approximate surface area is 187 Å².